The van der Waals surface area contributed by atoms with Crippen LogP contribution in [-0.4, -0.2) is 11.1 Å². The highest BCUT2D eigenvalue weighted by Crippen LogP contribution is 2.25. The lowest BCUT2D eigenvalue weighted by atomic mass is 10.2. The van der Waals surface area contributed by atoms with Crippen molar-refractivity contribution in [2.45, 2.75) is 6.61 Å². The van der Waals surface area contributed by atoms with Gasteiger partial charge in [0.05, 0.1) is 0 Å². The third-order valence-electron chi connectivity index (χ3n) is 2.35. The molecule has 0 fully saturated rings. The summed E-state index contributed by atoms with van der Waals surface area (Å²) < 4.78 is 5.67. The van der Waals surface area contributed by atoms with Crippen molar-refractivity contribution in [1.82, 2.24) is 0 Å². The second-order valence-corrected chi connectivity index (χ2v) is 4.99. The average molecular weight is 295 g/mol. The van der Waals surface area contributed by atoms with Gasteiger partial charge in [0.2, 0.25) is 0 Å². The van der Waals surface area contributed by atoms with Gasteiger partial charge in [0.15, 0.2) is 0 Å². The first-order chi connectivity index (χ1) is 9.15. The van der Waals surface area contributed by atoms with E-state index in [0.717, 1.165) is 11.6 Å². The molecule has 0 aliphatic carbocycles. The predicted molar refractivity (Wildman–Crippen MR) is 76.8 cm³/mol. The molecule has 0 radical (unpaired) electrons. The molecule has 0 aliphatic heterocycles. The average Bonchev–Trinajstić information content (AvgIpc) is 2.88. The Morgan fingerprint density at radius 1 is 1.42 bits per heavy atom. The molecule has 2 aromatic rings. The van der Waals surface area contributed by atoms with Gasteiger partial charge in [0.25, 0.3) is 0 Å². The molecule has 3 nitrogen and oxygen atoms in total. The summed E-state index contributed by atoms with van der Waals surface area (Å²) in [6.07, 6.45) is 2.53. The highest BCUT2D eigenvalue weighted by Gasteiger charge is 2.04. The van der Waals surface area contributed by atoms with E-state index < -0.39 is 5.97 Å². The van der Waals surface area contributed by atoms with Gasteiger partial charge >= 0.3 is 5.97 Å². The van der Waals surface area contributed by atoms with Crippen LogP contribution in [0.3, 0.4) is 0 Å². The van der Waals surface area contributed by atoms with Crippen molar-refractivity contribution in [3.05, 3.63) is 57.3 Å². The molecule has 0 saturated heterocycles. The number of carbonyl (C=O) groups is 1. The van der Waals surface area contributed by atoms with Crippen LogP contribution < -0.4 is 4.74 Å². The number of carboxylic acids is 1. The van der Waals surface area contributed by atoms with Crippen molar-refractivity contribution in [3.63, 3.8) is 0 Å². The highest BCUT2D eigenvalue weighted by molar-refractivity contribution is 7.07. The van der Waals surface area contributed by atoms with E-state index in [1.807, 2.05) is 16.8 Å². The molecule has 1 aromatic carbocycles. The Kier molecular flexibility index (Phi) is 4.60. The molecule has 0 saturated carbocycles. The van der Waals surface area contributed by atoms with Crippen LogP contribution in [0.15, 0.2) is 41.1 Å². The minimum atomic E-state index is -1.01. The van der Waals surface area contributed by atoms with E-state index in [1.165, 1.54) is 6.08 Å². The molecular formula is C14H11ClO3S. The molecule has 19 heavy (non-hydrogen) atoms. The van der Waals surface area contributed by atoms with Crippen LogP contribution in [0.25, 0.3) is 6.08 Å². The summed E-state index contributed by atoms with van der Waals surface area (Å²) in [4.78, 5) is 10.6. The third kappa shape index (κ3) is 4.12. The van der Waals surface area contributed by atoms with E-state index in [4.69, 9.17) is 21.4 Å². The van der Waals surface area contributed by atoms with Crippen LogP contribution in [0, 0.1) is 0 Å². The summed E-state index contributed by atoms with van der Waals surface area (Å²) in [6.45, 7) is 0.443. The number of benzene rings is 1. The molecular weight excluding hydrogens is 284 g/mol. The first-order valence-corrected chi connectivity index (χ1v) is 6.81. The van der Waals surface area contributed by atoms with Gasteiger partial charge in [0.1, 0.15) is 12.4 Å². The lowest BCUT2D eigenvalue weighted by molar-refractivity contribution is -0.131. The second kappa shape index (κ2) is 6.41. The fourth-order valence-electron chi connectivity index (χ4n) is 1.48. The Morgan fingerprint density at radius 3 is 2.95 bits per heavy atom. The number of ether oxygens (including phenoxy) is 1. The maximum absolute atomic E-state index is 10.6. The zero-order valence-electron chi connectivity index (χ0n) is 9.88. The summed E-state index contributed by atoms with van der Waals surface area (Å²) in [6, 6.07) is 7.09. The number of thiophene rings is 1. The quantitative estimate of drug-likeness (QED) is 0.845. The van der Waals surface area contributed by atoms with Gasteiger partial charge in [-0.05, 0) is 46.7 Å². The first kappa shape index (κ1) is 13.6. The Balaban J connectivity index is 2.16. The summed E-state index contributed by atoms with van der Waals surface area (Å²) in [5.74, 6) is -0.406. The van der Waals surface area contributed by atoms with E-state index >= 15 is 0 Å². The monoisotopic (exact) mass is 294 g/mol. The SMILES string of the molecule is O=C(O)/C=C/c1cc(Cl)ccc1OCc1ccsc1. The molecule has 2 rings (SSSR count). The summed E-state index contributed by atoms with van der Waals surface area (Å²) >= 11 is 7.50. The van der Waals surface area contributed by atoms with Crippen LogP contribution in [0.2, 0.25) is 5.02 Å². The molecule has 0 spiro atoms. The minimum Gasteiger partial charge on any atom is -0.488 e. The predicted octanol–water partition coefficient (Wildman–Crippen LogP) is 4.08. The van der Waals surface area contributed by atoms with E-state index in [2.05, 4.69) is 0 Å². The fourth-order valence-corrected chi connectivity index (χ4v) is 2.31. The van der Waals surface area contributed by atoms with E-state index in [9.17, 15) is 4.79 Å². The van der Waals surface area contributed by atoms with Gasteiger partial charge in [-0.3, -0.25) is 0 Å². The number of hydrogen-bond acceptors (Lipinski definition) is 3. The third-order valence-corrected chi connectivity index (χ3v) is 3.32. The number of carboxylic acid groups (broad SMARTS) is 1. The van der Waals surface area contributed by atoms with Crippen molar-refractivity contribution >= 4 is 35.0 Å². The van der Waals surface area contributed by atoms with Crippen LogP contribution >= 0.6 is 22.9 Å². The van der Waals surface area contributed by atoms with Crippen molar-refractivity contribution in [2.75, 3.05) is 0 Å². The fraction of sp³-hybridized carbons (Fsp3) is 0.0714. The zero-order valence-corrected chi connectivity index (χ0v) is 11.4. The standard InChI is InChI=1S/C14H11ClO3S/c15-12-2-3-13(11(7-12)1-4-14(16)17)18-8-10-5-6-19-9-10/h1-7,9H,8H2,(H,16,17)/b4-1+. The largest absolute Gasteiger partial charge is 0.488 e. The number of rotatable bonds is 5. The summed E-state index contributed by atoms with van der Waals surface area (Å²) in [5, 5.41) is 13.2. The molecule has 98 valence electrons. The Labute approximate surface area is 119 Å². The molecule has 5 heteroatoms. The van der Waals surface area contributed by atoms with Gasteiger partial charge in [-0.15, -0.1) is 0 Å². The maximum atomic E-state index is 10.6. The zero-order chi connectivity index (χ0) is 13.7. The second-order valence-electron chi connectivity index (χ2n) is 3.77. The molecule has 0 aliphatic rings. The van der Waals surface area contributed by atoms with Gasteiger partial charge in [-0.2, -0.15) is 11.3 Å². The highest BCUT2D eigenvalue weighted by atomic mass is 35.5. The lowest BCUT2D eigenvalue weighted by Crippen LogP contribution is -1.96. The molecule has 0 atom stereocenters. The van der Waals surface area contributed by atoms with Crippen molar-refractivity contribution in [2.24, 2.45) is 0 Å². The smallest absolute Gasteiger partial charge is 0.328 e. The lowest BCUT2D eigenvalue weighted by Gasteiger charge is -2.08. The number of hydrogen-bond donors (Lipinski definition) is 1. The molecule has 0 amide bonds. The minimum absolute atomic E-state index is 0.443. The summed E-state index contributed by atoms with van der Waals surface area (Å²) in [5.41, 5.74) is 1.72. The Bertz CT molecular complexity index is 591. The van der Waals surface area contributed by atoms with Crippen LogP contribution in [-0.2, 0) is 11.4 Å². The van der Waals surface area contributed by atoms with Crippen molar-refractivity contribution in [1.29, 1.82) is 0 Å². The molecule has 1 aromatic heterocycles. The van der Waals surface area contributed by atoms with E-state index in [1.54, 1.807) is 29.5 Å². The molecule has 1 N–H and O–H groups in total. The number of aliphatic carboxylic acids is 1. The maximum Gasteiger partial charge on any atom is 0.328 e. The Morgan fingerprint density at radius 2 is 2.26 bits per heavy atom. The first-order valence-electron chi connectivity index (χ1n) is 5.49. The van der Waals surface area contributed by atoms with Crippen molar-refractivity contribution in [3.8, 4) is 5.75 Å². The summed E-state index contributed by atoms with van der Waals surface area (Å²) in [7, 11) is 0. The topological polar surface area (TPSA) is 46.5 Å². The van der Waals surface area contributed by atoms with Crippen LogP contribution in [0.5, 0.6) is 5.75 Å². The Hall–Kier alpha value is -1.78. The normalized spacial score (nSPS) is 10.8. The molecule has 0 bridgehead atoms. The van der Waals surface area contributed by atoms with Crippen LogP contribution in [0.1, 0.15) is 11.1 Å². The van der Waals surface area contributed by atoms with E-state index in [0.29, 0.717) is 22.9 Å². The number of halogens is 1. The van der Waals surface area contributed by atoms with Crippen molar-refractivity contribution < 1.29 is 14.6 Å². The van der Waals surface area contributed by atoms with Gasteiger partial charge in [-0.25, -0.2) is 4.79 Å². The van der Waals surface area contributed by atoms with Gasteiger partial charge < -0.3 is 9.84 Å². The molecule has 1 heterocycles. The van der Waals surface area contributed by atoms with Crippen LogP contribution in [0.4, 0.5) is 0 Å². The van der Waals surface area contributed by atoms with Gasteiger partial charge in [0, 0.05) is 16.7 Å². The van der Waals surface area contributed by atoms with Gasteiger partial charge in [-0.1, -0.05) is 11.6 Å². The molecule has 0 unspecified atom stereocenters. The van der Waals surface area contributed by atoms with E-state index in [-0.39, 0.29) is 0 Å².